The van der Waals surface area contributed by atoms with Crippen LogP contribution in [0.3, 0.4) is 0 Å². The lowest BCUT2D eigenvalue weighted by molar-refractivity contribution is -0.384. The number of anilines is 2. The first kappa shape index (κ1) is 54.4. The van der Waals surface area contributed by atoms with Crippen molar-refractivity contribution in [2.45, 2.75) is 57.8 Å². The Labute approximate surface area is 432 Å². The van der Waals surface area contributed by atoms with E-state index in [1.54, 1.807) is 24.3 Å². The number of methoxy groups -OCH3 is 4. The molecule has 0 bridgehead atoms. The summed E-state index contributed by atoms with van der Waals surface area (Å²) in [5.41, 5.74) is 0.608. The molecule has 0 unspecified atom stereocenters. The number of aromatic nitrogens is 4. The number of carbonyl (C=O) groups is 2. The van der Waals surface area contributed by atoms with E-state index >= 15 is 0 Å². The van der Waals surface area contributed by atoms with Gasteiger partial charge in [0.15, 0.2) is 23.0 Å². The summed E-state index contributed by atoms with van der Waals surface area (Å²) in [7, 11) is 6.06. The number of nitrogens with zero attached hydrogens (tertiary/aromatic N) is 8. The number of unbranched alkanes of at least 4 members (excludes halogenated alkanes) is 1. The van der Waals surface area contributed by atoms with E-state index in [1.807, 2.05) is 0 Å². The fourth-order valence-corrected chi connectivity index (χ4v) is 8.63. The molecule has 24 heteroatoms. The van der Waals surface area contributed by atoms with Crippen LogP contribution in [-0.2, 0) is 0 Å². The van der Waals surface area contributed by atoms with Gasteiger partial charge in [-0.2, -0.15) is 0 Å². The summed E-state index contributed by atoms with van der Waals surface area (Å²) >= 11 is 0. The quantitative estimate of drug-likeness (QED) is 0.0297. The topological polar surface area (TPSA) is 282 Å². The molecule has 398 valence electrons. The molecule has 75 heavy (non-hydrogen) atoms. The smallest absolute Gasteiger partial charge is 0.319 e. The van der Waals surface area contributed by atoms with Crippen molar-refractivity contribution < 1.29 is 47.9 Å². The maximum atomic E-state index is 12.4. The number of ether oxygens (including phenoxy) is 6. The normalized spacial score (nSPS) is 13.7. The van der Waals surface area contributed by atoms with E-state index in [2.05, 4.69) is 51.0 Å². The highest BCUT2D eigenvalue weighted by molar-refractivity contribution is 5.93. The number of likely N-dealkylation sites (tertiary alicyclic amines) is 2. The summed E-state index contributed by atoms with van der Waals surface area (Å²) in [6.07, 6.45) is 12.8. The van der Waals surface area contributed by atoms with E-state index in [9.17, 15) is 29.8 Å². The number of fused-ring (bicyclic) bond motifs is 2. The maximum absolute atomic E-state index is 12.4. The number of piperidine rings is 2. The molecule has 2 fully saturated rings. The van der Waals surface area contributed by atoms with Gasteiger partial charge in [0, 0.05) is 25.2 Å². The third kappa shape index (κ3) is 15.1. The van der Waals surface area contributed by atoms with Gasteiger partial charge in [-0.3, -0.25) is 20.2 Å². The van der Waals surface area contributed by atoms with Crippen LogP contribution in [-0.4, -0.2) is 132 Å². The Morgan fingerprint density at radius 3 is 1.35 bits per heavy atom. The highest BCUT2D eigenvalue weighted by Crippen LogP contribution is 2.39. The van der Waals surface area contributed by atoms with Crippen LogP contribution >= 0.6 is 0 Å². The molecule has 0 radical (unpaired) electrons. The molecule has 4 heterocycles. The van der Waals surface area contributed by atoms with Crippen LogP contribution < -0.4 is 49.7 Å². The van der Waals surface area contributed by atoms with Crippen molar-refractivity contribution >= 4 is 56.6 Å². The highest BCUT2D eigenvalue weighted by Gasteiger charge is 2.22. The lowest BCUT2D eigenvalue weighted by Crippen LogP contribution is -2.34. The molecule has 8 rings (SSSR count). The standard InChI is InChI=1S/C26H32N6O6.C25H30N6O6/c1-36-23-15-19-21(16-24(23)37-2)28-17-29-25(19)38-18-8-9-20(22(14-18)32(34)35)30-26(33)27-10-4-7-13-31-11-5-3-6-12-31;1-35-22-14-18-20(15-23(22)36-2)27-16-28-24(18)37-17-7-8-19(21(13-17)31(33)34)29-25(32)26-9-6-12-30-10-4-3-5-11-30/h8-9,14-17H,3-7,10-13H2,1-2H3,(H2,27,30,33);7-8,13-16H,3-6,9-12H2,1-2H3,(H2,26,29,32). The van der Waals surface area contributed by atoms with Gasteiger partial charge in [-0.1, -0.05) is 12.8 Å². The molecule has 2 aromatic heterocycles. The summed E-state index contributed by atoms with van der Waals surface area (Å²) in [4.78, 5) is 68.7. The van der Waals surface area contributed by atoms with Crippen molar-refractivity contribution in [2.24, 2.45) is 0 Å². The maximum Gasteiger partial charge on any atom is 0.319 e. The van der Waals surface area contributed by atoms with Gasteiger partial charge in [-0.25, -0.2) is 29.5 Å². The second-order valence-corrected chi connectivity index (χ2v) is 17.5. The number of nitro benzene ring substituents is 2. The van der Waals surface area contributed by atoms with E-state index in [-0.39, 0.29) is 46.0 Å². The zero-order chi connectivity index (χ0) is 53.1. The molecule has 0 spiro atoms. The van der Waals surface area contributed by atoms with Crippen molar-refractivity contribution in [1.29, 1.82) is 0 Å². The van der Waals surface area contributed by atoms with Gasteiger partial charge in [0.2, 0.25) is 11.8 Å². The van der Waals surface area contributed by atoms with Crippen molar-refractivity contribution in [3.63, 3.8) is 0 Å². The average molecular weight is 1040 g/mol. The van der Waals surface area contributed by atoms with E-state index in [1.165, 1.54) is 116 Å². The number of urea groups is 2. The molecular weight excluding hydrogens is 973 g/mol. The van der Waals surface area contributed by atoms with Crippen LogP contribution in [0.5, 0.6) is 46.3 Å². The number of nitro groups is 2. The molecule has 2 aliphatic rings. The van der Waals surface area contributed by atoms with E-state index in [4.69, 9.17) is 28.4 Å². The van der Waals surface area contributed by atoms with E-state index in [0.29, 0.717) is 57.9 Å². The molecule has 0 atom stereocenters. The molecule has 6 aromatic rings. The molecule has 0 saturated carbocycles. The zero-order valence-corrected chi connectivity index (χ0v) is 42.4. The van der Waals surface area contributed by atoms with Crippen molar-refractivity contribution in [3.8, 4) is 46.3 Å². The SMILES string of the molecule is COc1cc2ncnc(Oc3ccc(NC(=O)NCCCCN4CCCCC4)c([N+](=O)[O-])c3)c2cc1OC.COc1cc2ncnc(Oc3ccc(NC(=O)NCCCN4CCCCC4)c([N+](=O)[O-])c3)c2cc1OC. The van der Waals surface area contributed by atoms with E-state index in [0.717, 1.165) is 58.5 Å². The van der Waals surface area contributed by atoms with Gasteiger partial charge < -0.3 is 59.5 Å². The van der Waals surface area contributed by atoms with Crippen LogP contribution in [0.4, 0.5) is 32.3 Å². The van der Waals surface area contributed by atoms with Crippen LogP contribution in [0.25, 0.3) is 21.8 Å². The van der Waals surface area contributed by atoms with E-state index < -0.39 is 21.9 Å². The number of rotatable bonds is 21. The predicted molar refractivity (Wildman–Crippen MR) is 280 cm³/mol. The van der Waals surface area contributed by atoms with Gasteiger partial charge >= 0.3 is 12.1 Å². The fourth-order valence-electron chi connectivity index (χ4n) is 8.63. The number of hydrogen-bond donors (Lipinski definition) is 4. The number of amides is 4. The molecular formula is C51H62N12O12. The third-order valence-corrected chi connectivity index (χ3v) is 12.5. The number of carbonyl (C=O) groups excluding carboxylic acids is 2. The van der Waals surface area contributed by atoms with Gasteiger partial charge in [0.25, 0.3) is 11.4 Å². The lowest BCUT2D eigenvalue weighted by atomic mass is 10.1. The minimum Gasteiger partial charge on any atom is -0.493 e. The molecule has 2 aliphatic heterocycles. The zero-order valence-electron chi connectivity index (χ0n) is 42.4. The Bertz CT molecular complexity index is 2940. The predicted octanol–water partition coefficient (Wildman–Crippen LogP) is 9.08. The largest absolute Gasteiger partial charge is 0.493 e. The van der Waals surface area contributed by atoms with Crippen molar-refractivity contribution in [1.82, 2.24) is 40.4 Å². The number of benzene rings is 4. The molecule has 4 N–H and O–H groups in total. The first-order valence-electron chi connectivity index (χ1n) is 24.7. The van der Waals surface area contributed by atoms with Gasteiger partial charge in [0.1, 0.15) is 35.5 Å². The van der Waals surface area contributed by atoms with Gasteiger partial charge in [-0.05, 0) is 121 Å². The summed E-state index contributed by atoms with van der Waals surface area (Å²) in [6.45, 7) is 7.40. The number of nitrogens with one attached hydrogen (secondary N) is 4. The summed E-state index contributed by atoms with van der Waals surface area (Å²) in [5.74, 6) is 2.64. The monoisotopic (exact) mass is 1030 g/mol. The van der Waals surface area contributed by atoms with Crippen molar-refractivity contribution in [3.05, 3.63) is 93.5 Å². The van der Waals surface area contributed by atoms with Crippen LogP contribution in [0.2, 0.25) is 0 Å². The molecule has 4 aromatic carbocycles. The average Bonchev–Trinajstić information content (AvgIpc) is 3.42. The first-order chi connectivity index (χ1) is 36.5. The van der Waals surface area contributed by atoms with Gasteiger partial charge in [-0.15, -0.1) is 0 Å². The molecule has 24 nitrogen and oxygen atoms in total. The summed E-state index contributed by atoms with van der Waals surface area (Å²) in [6, 6.07) is 14.1. The van der Waals surface area contributed by atoms with Crippen molar-refractivity contribution in [2.75, 3.05) is 91.4 Å². The van der Waals surface area contributed by atoms with Gasteiger partial charge in [0.05, 0.1) is 72.2 Å². The Hall–Kier alpha value is -8.38. The second-order valence-electron chi connectivity index (χ2n) is 17.5. The Morgan fingerprint density at radius 1 is 0.533 bits per heavy atom. The van der Waals surface area contributed by atoms with Crippen LogP contribution in [0.15, 0.2) is 73.3 Å². The molecule has 2 saturated heterocycles. The Kier molecular flexibility index (Phi) is 19.6. The third-order valence-electron chi connectivity index (χ3n) is 12.5. The minimum atomic E-state index is -0.579. The summed E-state index contributed by atoms with van der Waals surface area (Å²) < 4.78 is 33.0. The van der Waals surface area contributed by atoms with Crippen LogP contribution in [0, 0.1) is 20.2 Å². The van der Waals surface area contributed by atoms with Crippen LogP contribution in [0.1, 0.15) is 57.8 Å². The molecule has 4 amide bonds. The first-order valence-corrected chi connectivity index (χ1v) is 24.7. The second kappa shape index (κ2) is 27.1. The highest BCUT2D eigenvalue weighted by atomic mass is 16.6. The minimum absolute atomic E-state index is 0.0600. The Morgan fingerprint density at radius 2 is 0.933 bits per heavy atom. The summed E-state index contributed by atoms with van der Waals surface area (Å²) in [5, 5.41) is 35.2. The lowest BCUT2D eigenvalue weighted by Gasteiger charge is -2.26. The Balaban J connectivity index is 0.000000219. The number of hydrogen-bond acceptors (Lipinski definition) is 18. The molecule has 0 aliphatic carbocycles. The fraction of sp³-hybridized carbons (Fsp3) is 0.412.